The fourth-order valence-corrected chi connectivity index (χ4v) is 3.13. The minimum absolute atomic E-state index is 0.946. The molecule has 0 spiro atoms. The Bertz CT molecular complexity index is 768. The van der Waals surface area contributed by atoms with Gasteiger partial charge in [-0.15, -0.1) is 10.2 Å². The summed E-state index contributed by atoms with van der Waals surface area (Å²) in [7, 11) is 0. The van der Waals surface area contributed by atoms with Crippen LogP contribution in [0.3, 0.4) is 0 Å². The number of anilines is 1. The minimum atomic E-state index is 0.946. The number of nitrogens with one attached hydrogen (secondary N) is 1. The van der Waals surface area contributed by atoms with E-state index < -0.39 is 0 Å². The average molecular weight is 323 g/mol. The number of aromatic amines is 1. The number of H-pyrrole nitrogens is 1. The topological polar surface area (TPSA) is 65.9 Å². The van der Waals surface area contributed by atoms with Gasteiger partial charge in [0, 0.05) is 56.0 Å². The quantitative estimate of drug-likeness (QED) is 0.790. The first-order valence-corrected chi connectivity index (χ1v) is 8.21. The molecule has 0 atom stereocenters. The average Bonchev–Trinajstić information content (AvgIpc) is 3.28. The van der Waals surface area contributed by atoms with Crippen molar-refractivity contribution < 1.29 is 0 Å². The minimum Gasteiger partial charge on any atom is -0.369 e. The zero-order chi connectivity index (χ0) is 16.4. The van der Waals surface area contributed by atoms with Gasteiger partial charge in [0.1, 0.15) is 18.5 Å². The molecule has 1 N–H and O–H groups in total. The molecule has 1 aromatic carbocycles. The van der Waals surface area contributed by atoms with Crippen molar-refractivity contribution in [2.24, 2.45) is 0 Å². The number of hydrogen-bond donors (Lipinski definition) is 1. The molecule has 24 heavy (non-hydrogen) atoms. The molecule has 1 aliphatic rings. The van der Waals surface area contributed by atoms with Crippen molar-refractivity contribution in [3.63, 3.8) is 0 Å². The molecule has 4 rings (SSSR count). The summed E-state index contributed by atoms with van der Waals surface area (Å²) in [4.78, 5) is 12.5. The Morgan fingerprint density at radius 1 is 0.958 bits per heavy atom. The summed E-state index contributed by atoms with van der Waals surface area (Å²) >= 11 is 0. The Hall–Kier alpha value is -2.67. The first-order chi connectivity index (χ1) is 11.8. The number of aromatic nitrogens is 5. The molecule has 0 aliphatic carbocycles. The molecular weight excluding hydrogens is 302 g/mol. The number of hydrogen-bond acceptors (Lipinski definition) is 5. The molecule has 0 radical (unpaired) electrons. The lowest BCUT2D eigenvalue weighted by Crippen LogP contribution is -2.46. The fourth-order valence-electron chi connectivity index (χ4n) is 3.13. The fraction of sp³-hybridized carbons (Fsp3) is 0.353. The lowest BCUT2D eigenvalue weighted by Gasteiger charge is -2.36. The van der Waals surface area contributed by atoms with Gasteiger partial charge in [-0.3, -0.25) is 9.47 Å². The Morgan fingerprint density at radius 2 is 1.62 bits per heavy atom. The van der Waals surface area contributed by atoms with Crippen LogP contribution in [0.2, 0.25) is 0 Å². The van der Waals surface area contributed by atoms with Crippen LogP contribution in [0.25, 0.3) is 5.69 Å². The van der Waals surface area contributed by atoms with Gasteiger partial charge >= 0.3 is 0 Å². The number of rotatable bonds is 4. The monoisotopic (exact) mass is 323 g/mol. The van der Waals surface area contributed by atoms with Crippen LogP contribution in [0.1, 0.15) is 11.5 Å². The number of benzene rings is 1. The maximum Gasteiger partial charge on any atom is 0.123 e. The van der Waals surface area contributed by atoms with Crippen molar-refractivity contribution in [2.75, 3.05) is 31.1 Å². The highest BCUT2D eigenvalue weighted by atomic mass is 15.3. The van der Waals surface area contributed by atoms with Crippen LogP contribution in [-0.4, -0.2) is 55.8 Å². The van der Waals surface area contributed by atoms with Crippen LogP contribution in [0.4, 0.5) is 5.69 Å². The van der Waals surface area contributed by atoms with Crippen molar-refractivity contribution in [2.45, 2.75) is 13.5 Å². The van der Waals surface area contributed by atoms with E-state index in [-0.39, 0.29) is 0 Å². The summed E-state index contributed by atoms with van der Waals surface area (Å²) in [5.74, 6) is 0.983. The zero-order valence-electron chi connectivity index (χ0n) is 13.8. The van der Waals surface area contributed by atoms with Gasteiger partial charge in [-0.05, 0) is 31.2 Å². The largest absolute Gasteiger partial charge is 0.369 e. The van der Waals surface area contributed by atoms with Gasteiger partial charge in [-0.25, -0.2) is 4.98 Å². The molecule has 1 fully saturated rings. The molecule has 1 aliphatic heterocycles. The van der Waals surface area contributed by atoms with E-state index in [9.17, 15) is 0 Å². The van der Waals surface area contributed by atoms with Gasteiger partial charge in [0.25, 0.3) is 0 Å². The lowest BCUT2D eigenvalue weighted by molar-refractivity contribution is 0.247. The van der Waals surface area contributed by atoms with Crippen LogP contribution in [-0.2, 0) is 6.54 Å². The van der Waals surface area contributed by atoms with E-state index in [0.717, 1.165) is 44.2 Å². The molecule has 0 saturated carbocycles. The maximum absolute atomic E-state index is 4.27. The standard InChI is InChI=1S/C17H21N7/c1-14-18-10-15(21-14)11-22-6-8-23(9-7-22)16-2-4-17(5-3-16)24-12-19-20-13-24/h2-5,10,12-13H,6-9,11H2,1H3,(H,18,21). The van der Waals surface area contributed by atoms with Crippen LogP contribution >= 0.6 is 0 Å². The molecule has 124 valence electrons. The third-order valence-electron chi connectivity index (χ3n) is 4.45. The first kappa shape index (κ1) is 14.9. The third-order valence-corrected chi connectivity index (χ3v) is 4.45. The van der Waals surface area contributed by atoms with Crippen LogP contribution in [0.15, 0.2) is 43.1 Å². The second-order valence-electron chi connectivity index (χ2n) is 6.14. The molecule has 0 bridgehead atoms. The van der Waals surface area contributed by atoms with Gasteiger partial charge < -0.3 is 9.88 Å². The molecule has 2 aromatic heterocycles. The predicted octanol–water partition coefficient (Wildman–Crippen LogP) is 1.62. The highest BCUT2D eigenvalue weighted by Gasteiger charge is 2.17. The highest BCUT2D eigenvalue weighted by Crippen LogP contribution is 2.19. The molecule has 3 heterocycles. The van der Waals surface area contributed by atoms with Crippen LogP contribution in [0, 0.1) is 6.92 Å². The van der Waals surface area contributed by atoms with E-state index in [4.69, 9.17) is 0 Å². The molecule has 7 nitrogen and oxygen atoms in total. The smallest absolute Gasteiger partial charge is 0.123 e. The SMILES string of the molecule is Cc1ncc(CN2CCN(c3ccc(-n4cnnc4)cc3)CC2)[nH]1. The van der Waals surface area contributed by atoms with E-state index in [2.05, 4.69) is 54.2 Å². The van der Waals surface area contributed by atoms with Crippen molar-refractivity contribution in [1.29, 1.82) is 0 Å². The van der Waals surface area contributed by atoms with E-state index in [1.165, 1.54) is 11.4 Å². The molecule has 3 aromatic rings. The van der Waals surface area contributed by atoms with Crippen molar-refractivity contribution in [3.8, 4) is 5.69 Å². The van der Waals surface area contributed by atoms with Crippen molar-refractivity contribution >= 4 is 5.69 Å². The lowest BCUT2D eigenvalue weighted by atomic mass is 10.2. The van der Waals surface area contributed by atoms with Gasteiger partial charge in [0.2, 0.25) is 0 Å². The van der Waals surface area contributed by atoms with E-state index in [1.54, 1.807) is 12.7 Å². The molecule has 0 unspecified atom stereocenters. The van der Waals surface area contributed by atoms with E-state index in [1.807, 2.05) is 17.7 Å². The predicted molar refractivity (Wildman–Crippen MR) is 92.2 cm³/mol. The Balaban J connectivity index is 1.35. The Labute approximate surface area is 141 Å². The summed E-state index contributed by atoms with van der Waals surface area (Å²) in [5, 5.41) is 7.69. The van der Waals surface area contributed by atoms with Gasteiger partial charge in [-0.2, -0.15) is 0 Å². The third kappa shape index (κ3) is 3.16. The van der Waals surface area contributed by atoms with E-state index in [0.29, 0.717) is 0 Å². The van der Waals surface area contributed by atoms with Gasteiger partial charge in [0.05, 0.1) is 0 Å². The number of imidazole rings is 1. The maximum atomic E-state index is 4.27. The molecular formula is C17H21N7. The summed E-state index contributed by atoms with van der Waals surface area (Å²) < 4.78 is 1.91. The van der Waals surface area contributed by atoms with Crippen LogP contribution < -0.4 is 4.90 Å². The van der Waals surface area contributed by atoms with Crippen molar-refractivity contribution in [1.82, 2.24) is 29.6 Å². The summed E-state index contributed by atoms with van der Waals surface area (Å²) in [6.45, 7) is 7.14. The van der Waals surface area contributed by atoms with Gasteiger partial charge in [-0.1, -0.05) is 0 Å². The molecule has 1 saturated heterocycles. The molecule has 0 amide bonds. The zero-order valence-corrected chi connectivity index (χ0v) is 13.8. The summed E-state index contributed by atoms with van der Waals surface area (Å²) in [6.07, 6.45) is 5.36. The summed E-state index contributed by atoms with van der Waals surface area (Å²) in [5.41, 5.74) is 3.54. The summed E-state index contributed by atoms with van der Waals surface area (Å²) in [6, 6.07) is 8.56. The van der Waals surface area contributed by atoms with Crippen LogP contribution in [0.5, 0.6) is 0 Å². The van der Waals surface area contributed by atoms with Gasteiger partial charge in [0.15, 0.2) is 0 Å². The Morgan fingerprint density at radius 3 is 2.25 bits per heavy atom. The van der Waals surface area contributed by atoms with Crippen molar-refractivity contribution in [3.05, 3.63) is 54.6 Å². The second kappa shape index (κ2) is 6.45. The number of piperazine rings is 1. The van der Waals surface area contributed by atoms with E-state index >= 15 is 0 Å². The highest BCUT2D eigenvalue weighted by molar-refractivity contribution is 5.51. The number of aryl methyl sites for hydroxylation is 1. The molecule has 7 heteroatoms. The normalized spacial score (nSPS) is 15.8. The Kier molecular flexibility index (Phi) is 4.00. The second-order valence-corrected chi connectivity index (χ2v) is 6.14. The first-order valence-electron chi connectivity index (χ1n) is 8.21. The number of nitrogens with zero attached hydrogens (tertiary/aromatic N) is 6.